The van der Waals surface area contributed by atoms with E-state index in [0.717, 1.165) is 23.1 Å². The maximum absolute atomic E-state index is 13.0. The minimum absolute atomic E-state index is 0.302. The Morgan fingerprint density at radius 2 is 1.72 bits per heavy atom. The molecule has 1 aromatic heterocycles. The zero-order chi connectivity index (χ0) is 26.1. The van der Waals surface area contributed by atoms with Gasteiger partial charge in [0.1, 0.15) is 18.0 Å². The van der Waals surface area contributed by atoms with E-state index >= 15 is 0 Å². The molecule has 2 aromatic carbocycles. The number of H-pyrrole nitrogens is 1. The van der Waals surface area contributed by atoms with Gasteiger partial charge in [-0.3, -0.25) is 14.7 Å². The molecule has 0 saturated carbocycles. The van der Waals surface area contributed by atoms with Gasteiger partial charge in [-0.2, -0.15) is 5.10 Å². The largest absolute Gasteiger partial charge is 0.441 e. The number of Topliss-reactive ketones (excluding diaryl/α,β-unsaturated/α-hetero) is 1. The van der Waals surface area contributed by atoms with Crippen LogP contribution in [0.5, 0.6) is 0 Å². The number of nitrogens with one attached hydrogen (secondary N) is 3. The number of carbonyl (C=O) groups excluding carboxylic acids is 3. The number of carbonyl (C=O) groups is 3. The minimum atomic E-state index is -1.00. The summed E-state index contributed by atoms with van der Waals surface area (Å²) in [7, 11) is 0. The molecule has 190 valence electrons. The van der Waals surface area contributed by atoms with Crippen molar-refractivity contribution in [2.24, 2.45) is 5.41 Å². The van der Waals surface area contributed by atoms with Crippen molar-refractivity contribution in [2.75, 3.05) is 5.32 Å². The number of amides is 2. The molecule has 0 radical (unpaired) electrons. The highest BCUT2D eigenvalue weighted by Gasteiger charge is 2.33. The van der Waals surface area contributed by atoms with Gasteiger partial charge in [0.05, 0.1) is 6.20 Å². The summed E-state index contributed by atoms with van der Waals surface area (Å²) < 4.78 is 5.89. The molecular formula is C28H34N4O4. The number of ketones is 1. The first-order valence-electron chi connectivity index (χ1n) is 12.2. The molecule has 0 aliphatic carbocycles. The summed E-state index contributed by atoms with van der Waals surface area (Å²) in [4.78, 5) is 38.3. The van der Waals surface area contributed by atoms with Crippen molar-refractivity contribution >= 4 is 23.6 Å². The number of aromatic nitrogens is 2. The van der Waals surface area contributed by atoms with Crippen LogP contribution < -0.4 is 10.6 Å². The Labute approximate surface area is 211 Å². The van der Waals surface area contributed by atoms with Crippen LogP contribution in [0.3, 0.4) is 0 Å². The summed E-state index contributed by atoms with van der Waals surface area (Å²) in [5.41, 5.74) is 2.49. The lowest BCUT2D eigenvalue weighted by Gasteiger charge is -2.31. The molecule has 8 nitrogen and oxygen atoms in total. The molecule has 1 heterocycles. The molecule has 3 N–H and O–H groups in total. The average molecular weight is 491 g/mol. The summed E-state index contributed by atoms with van der Waals surface area (Å²) in [5.74, 6) is -1.27. The summed E-state index contributed by atoms with van der Waals surface area (Å²) in [5, 5.41) is 11.4. The van der Waals surface area contributed by atoms with Crippen LogP contribution in [0.25, 0.3) is 11.1 Å². The highest BCUT2D eigenvalue weighted by molar-refractivity contribution is 6.42. The van der Waals surface area contributed by atoms with Crippen molar-refractivity contribution in [3.63, 3.8) is 0 Å². The molecule has 0 bridgehead atoms. The second-order valence-electron chi connectivity index (χ2n) is 9.77. The summed E-state index contributed by atoms with van der Waals surface area (Å²) in [6, 6.07) is 18.4. The van der Waals surface area contributed by atoms with Gasteiger partial charge in [0.15, 0.2) is 0 Å². The third-order valence-electron chi connectivity index (χ3n) is 5.74. The van der Waals surface area contributed by atoms with Crippen LogP contribution in [-0.4, -0.2) is 34.0 Å². The summed E-state index contributed by atoms with van der Waals surface area (Å²) >= 11 is 0. The normalized spacial score (nSPS) is 12.9. The van der Waals surface area contributed by atoms with Gasteiger partial charge in [0.25, 0.3) is 5.91 Å². The first-order chi connectivity index (χ1) is 17.2. The molecule has 0 fully saturated rings. The average Bonchev–Trinajstić information content (AvgIpc) is 3.37. The number of hydrogen-bond acceptors (Lipinski definition) is 5. The van der Waals surface area contributed by atoms with E-state index in [2.05, 4.69) is 20.8 Å². The maximum atomic E-state index is 13.0. The molecule has 2 amide bonds. The number of rotatable bonds is 10. The Hall–Kier alpha value is -3.94. The van der Waals surface area contributed by atoms with E-state index in [1.165, 1.54) is 12.3 Å². The Morgan fingerprint density at radius 3 is 2.36 bits per heavy atom. The van der Waals surface area contributed by atoms with Crippen LogP contribution >= 0.6 is 0 Å². The number of benzene rings is 2. The van der Waals surface area contributed by atoms with Crippen LogP contribution in [0.1, 0.15) is 58.6 Å². The van der Waals surface area contributed by atoms with Crippen LogP contribution in [-0.2, 0) is 14.3 Å². The fourth-order valence-electron chi connectivity index (χ4n) is 3.88. The van der Waals surface area contributed by atoms with E-state index in [1.54, 1.807) is 0 Å². The predicted octanol–water partition coefficient (Wildman–Crippen LogP) is 5.66. The van der Waals surface area contributed by atoms with E-state index < -0.39 is 35.3 Å². The standard InChI is InChI=1S/C28H34N4O4/c1-5-6-15-22(24(33)26(34)31-23-16-17-29-32-23)30-27(35)36-25(28(2,3)4)21-14-10-13-20(18-21)19-11-8-7-9-12-19/h7-14,16-18,22,25H,5-6,15H2,1-4H3,(H,30,35)(H2,29,31,32,34)/t22-,25-/m0/s1. The number of nitrogens with zero attached hydrogens (tertiary/aromatic N) is 1. The minimum Gasteiger partial charge on any atom is -0.441 e. The second kappa shape index (κ2) is 12.2. The zero-order valence-corrected chi connectivity index (χ0v) is 21.2. The summed E-state index contributed by atoms with van der Waals surface area (Å²) in [6.07, 6.45) is 1.93. The molecule has 0 aliphatic heterocycles. The van der Waals surface area contributed by atoms with Crippen LogP contribution in [0.2, 0.25) is 0 Å². The van der Waals surface area contributed by atoms with Crippen molar-refractivity contribution < 1.29 is 19.1 Å². The molecule has 2 atom stereocenters. The fraction of sp³-hybridized carbons (Fsp3) is 0.357. The molecule has 0 unspecified atom stereocenters. The first kappa shape index (κ1) is 26.7. The smallest absolute Gasteiger partial charge is 0.408 e. The van der Waals surface area contributed by atoms with Gasteiger partial charge in [-0.05, 0) is 29.2 Å². The number of anilines is 1. The van der Waals surface area contributed by atoms with Gasteiger partial charge in [0, 0.05) is 11.5 Å². The van der Waals surface area contributed by atoms with Gasteiger partial charge < -0.3 is 15.4 Å². The van der Waals surface area contributed by atoms with Gasteiger partial charge in [-0.25, -0.2) is 4.79 Å². The lowest BCUT2D eigenvalue weighted by Crippen LogP contribution is -2.46. The first-order valence-corrected chi connectivity index (χ1v) is 12.2. The van der Waals surface area contributed by atoms with E-state index in [1.807, 2.05) is 82.3 Å². The Balaban J connectivity index is 1.76. The Morgan fingerprint density at radius 1 is 1.00 bits per heavy atom. The maximum Gasteiger partial charge on any atom is 0.408 e. The molecule has 3 rings (SSSR count). The lowest BCUT2D eigenvalue weighted by atomic mass is 9.84. The molecule has 0 spiro atoms. The Bertz CT molecular complexity index is 1150. The van der Waals surface area contributed by atoms with Crippen molar-refractivity contribution in [3.8, 4) is 11.1 Å². The lowest BCUT2D eigenvalue weighted by molar-refractivity contribution is -0.136. The van der Waals surface area contributed by atoms with Crippen molar-refractivity contribution in [1.29, 1.82) is 0 Å². The van der Waals surface area contributed by atoms with Crippen molar-refractivity contribution in [3.05, 3.63) is 72.4 Å². The highest BCUT2D eigenvalue weighted by Crippen LogP contribution is 2.37. The zero-order valence-electron chi connectivity index (χ0n) is 21.2. The monoisotopic (exact) mass is 490 g/mol. The number of ether oxygens (including phenoxy) is 1. The SMILES string of the molecule is CCCC[C@H](NC(=O)O[C@@H](c1cccc(-c2ccccc2)c1)C(C)(C)C)C(=O)C(=O)Nc1ccn[nH]1. The van der Waals surface area contributed by atoms with E-state index in [0.29, 0.717) is 18.7 Å². The van der Waals surface area contributed by atoms with Gasteiger partial charge >= 0.3 is 6.09 Å². The van der Waals surface area contributed by atoms with Crippen molar-refractivity contribution in [2.45, 2.75) is 59.1 Å². The number of aromatic amines is 1. The fourth-order valence-corrected chi connectivity index (χ4v) is 3.88. The van der Waals surface area contributed by atoms with Gasteiger partial charge in [0.2, 0.25) is 5.78 Å². The van der Waals surface area contributed by atoms with Gasteiger partial charge in [-0.1, -0.05) is 89.1 Å². The van der Waals surface area contributed by atoms with E-state index in [4.69, 9.17) is 4.74 Å². The highest BCUT2D eigenvalue weighted by atomic mass is 16.6. The summed E-state index contributed by atoms with van der Waals surface area (Å²) in [6.45, 7) is 7.92. The molecule has 36 heavy (non-hydrogen) atoms. The molecule has 3 aromatic rings. The third kappa shape index (κ3) is 7.28. The molecular weight excluding hydrogens is 456 g/mol. The predicted molar refractivity (Wildman–Crippen MR) is 139 cm³/mol. The van der Waals surface area contributed by atoms with E-state index in [-0.39, 0.29) is 0 Å². The Kier molecular flexibility index (Phi) is 9.00. The molecule has 0 aliphatic rings. The molecule has 8 heteroatoms. The number of hydrogen-bond donors (Lipinski definition) is 3. The van der Waals surface area contributed by atoms with Crippen LogP contribution in [0.15, 0.2) is 66.9 Å². The van der Waals surface area contributed by atoms with Crippen LogP contribution in [0.4, 0.5) is 10.6 Å². The third-order valence-corrected chi connectivity index (χ3v) is 5.74. The van der Waals surface area contributed by atoms with Crippen LogP contribution in [0, 0.1) is 5.41 Å². The van der Waals surface area contributed by atoms with E-state index in [9.17, 15) is 14.4 Å². The number of unbranched alkanes of at least 4 members (excludes halogenated alkanes) is 1. The topological polar surface area (TPSA) is 113 Å². The number of alkyl carbamates (subject to hydrolysis) is 1. The van der Waals surface area contributed by atoms with Crippen molar-refractivity contribution in [1.82, 2.24) is 15.5 Å². The quantitative estimate of drug-likeness (QED) is 0.318. The van der Waals surface area contributed by atoms with Gasteiger partial charge in [-0.15, -0.1) is 0 Å². The second-order valence-corrected chi connectivity index (χ2v) is 9.77. The molecule has 0 saturated heterocycles.